The summed E-state index contributed by atoms with van der Waals surface area (Å²) in [6.45, 7) is 7.07. The first-order valence-corrected chi connectivity index (χ1v) is 11.6. The molecule has 0 unspecified atom stereocenters. The SMILES string of the molecule is COc1ccccc1Cc1nc(C)c2n1CCN(Cc1ccc3c(NC(C)=O)cccc3n1)C2. The fraction of sp³-hybridized carbons (Fsp3) is 0.296. The number of pyridine rings is 1. The lowest BCUT2D eigenvalue weighted by atomic mass is 10.1. The summed E-state index contributed by atoms with van der Waals surface area (Å²) >= 11 is 0. The molecule has 34 heavy (non-hydrogen) atoms. The molecule has 3 heterocycles. The molecule has 0 bridgehead atoms. The number of carbonyl (C=O) groups excluding carboxylic acids is 1. The Morgan fingerprint density at radius 1 is 1.06 bits per heavy atom. The van der Waals surface area contributed by atoms with Crippen molar-refractivity contribution in [1.29, 1.82) is 0 Å². The lowest BCUT2D eigenvalue weighted by Gasteiger charge is -2.29. The average Bonchev–Trinajstić information content (AvgIpc) is 3.13. The van der Waals surface area contributed by atoms with Crippen LogP contribution >= 0.6 is 0 Å². The van der Waals surface area contributed by atoms with E-state index >= 15 is 0 Å². The number of hydrogen-bond donors (Lipinski definition) is 1. The van der Waals surface area contributed by atoms with Gasteiger partial charge in [0.2, 0.25) is 5.91 Å². The highest BCUT2D eigenvalue weighted by molar-refractivity contribution is 6.00. The third-order valence-electron chi connectivity index (χ3n) is 6.39. The summed E-state index contributed by atoms with van der Waals surface area (Å²) in [5.74, 6) is 1.91. The maximum absolute atomic E-state index is 11.5. The van der Waals surface area contributed by atoms with Crippen LogP contribution in [0.5, 0.6) is 5.75 Å². The number of methoxy groups -OCH3 is 1. The number of aromatic nitrogens is 3. The van der Waals surface area contributed by atoms with E-state index in [0.29, 0.717) is 0 Å². The molecule has 1 aliphatic rings. The van der Waals surface area contributed by atoms with Crippen LogP contribution in [-0.2, 0) is 30.8 Å². The van der Waals surface area contributed by atoms with Crippen LogP contribution < -0.4 is 10.1 Å². The Balaban J connectivity index is 1.33. The summed E-state index contributed by atoms with van der Waals surface area (Å²) in [4.78, 5) is 23.7. The molecule has 1 aliphatic heterocycles. The minimum Gasteiger partial charge on any atom is -0.496 e. The molecule has 2 aromatic heterocycles. The van der Waals surface area contributed by atoms with E-state index in [4.69, 9.17) is 14.7 Å². The number of nitrogens with zero attached hydrogens (tertiary/aromatic N) is 4. The molecular formula is C27H29N5O2. The standard InChI is InChI=1S/C27H29N5O2/c1-18-25-17-31(13-14-32(25)27(28-18)15-20-7-4-5-10-26(20)34-3)16-21-11-12-22-23(29-19(2)33)8-6-9-24(22)30-21/h4-12H,13-17H2,1-3H3,(H,29,33). The second kappa shape index (κ2) is 9.27. The van der Waals surface area contributed by atoms with Gasteiger partial charge >= 0.3 is 0 Å². The fourth-order valence-corrected chi connectivity index (χ4v) is 4.77. The average molecular weight is 456 g/mol. The van der Waals surface area contributed by atoms with E-state index in [9.17, 15) is 4.79 Å². The maximum atomic E-state index is 11.5. The number of aryl methyl sites for hydroxylation is 1. The highest BCUT2D eigenvalue weighted by Gasteiger charge is 2.23. The molecule has 0 saturated carbocycles. The monoisotopic (exact) mass is 455 g/mol. The number of amides is 1. The second-order valence-electron chi connectivity index (χ2n) is 8.77. The summed E-state index contributed by atoms with van der Waals surface area (Å²) in [7, 11) is 1.71. The molecule has 0 spiro atoms. The van der Waals surface area contributed by atoms with Gasteiger partial charge in [-0.25, -0.2) is 4.98 Å². The third-order valence-corrected chi connectivity index (χ3v) is 6.39. The molecular weight excluding hydrogens is 426 g/mol. The summed E-state index contributed by atoms with van der Waals surface area (Å²) in [6.07, 6.45) is 0.758. The van der Waals surface area contributed by atoms with Crippen LogP contribution in [0.2, 0.25) is 0 Å². The van der Waals surface area contributed by atoms with E-state index in [1.54, 1.807) is 7.11 Å². The summed E-state index contributed by atoms with van der Waals surface area (Å²) < 4.78 is 7.90. The van der Waals surface area contributed by atoms with Gasteiger partial charge in [0.1, 0.15) is 11.6 Å². The van der Waals surface area contributed by atoms with E-state index in [0.717, 1.165) is 77.7 Å². The number of hydrogen-bond acceptors (Lipinski definition) is 5. The molecule has 7 heteroatoms. The van der Waals surface area contributed by atoms with E-state index < -0.39 is 0 Å². The number of anilines is 1. The zero-order valence-electron chi connectivity index (χ0n) is 19.8. The summed E-state index contributed by atoms with van der Waals surface area (Å²) in [6, 6.07) is 18.1. The minimum atomic E-state index is -0.0815. The Morgan fingerprint density at radius 2 is 1.91 bits per heavy atom. The molecule has 2 aromatic carbocycles. The molecule has 0 atom stereocenters. The minimum absolute atomic E-state index is 0.0815. The quantitative estimate of drug-likeness (QED) is 0.469. The molecule has 174 valence electrons. The van der Waals surface area contributed by atoms with Crippen molar-refractivity contribution in [1.82, 2.24) is 19.4 Å². The number of fused-ring (bicyclic) bond motifs is 2. The van der Waals surface area contributed by atoms with Gasteiger partial charge in [-0.15, -0.1) is 0 Å². The highest BCUT2D eigenvalue weighted by atomic mass is 16.5. The van der Waals surface area contributed by atoms with Crippen LogP contribution in [0.4, 0.5) is 5.69 Å². The van der Waals surface area contributed by atoms with Crippen LogP contribution in [0.15, 0.2) is 54.6 Å². The lowest BCUT2D eigenvalue weighted by molar-refractivity contribution is -0.114. The van der Waals surface area contributed by atoms with Gasteiger partial charge in [0.05, 0.1) is 35.4 Å². The normalized spacial score (nSPS) is 13.6. The number of ether oxygens (including phenoxy) is 1. The van der Waals surface area contributed by atoms with Gasteiger partial charge in [-0.05, 0) is 37.3 Å². The number of imidazole rings is 1. The van der Waals surface area contributed by atoms with Crippen molar-refractivity contribution in [2.75, 3.05) is 19.0 Å². The van der Waals surface area contributed by atoms with Crippen molar-refractivity contribution < 1.29 is 9.53 Å². The van der Waals surface area contributed by atoms with Crippen molar-refractivity contribution in [2.45, 2.75) is 39.9 Å². The zero-order chi connectivity index (χ0) is 23.7. The van der Waals surface area contributed by atoms with Crippen LogP contribution in [0, 0.1) is 6.92 Å². The number of carbonyl (C=O) groups is 1. The van der Waals surface area contributed by atoms with Gasteiger partial charge in [-0.1, -0.05) is 24.3 Å². The van der Waals surface area contributed by atoms with Crippen molar-refractivity contribution in [3.63, 3.8) is 0 Å². The molecule has 1 N–H and O–H groups in total. The predicted molar refractivity (Wildman–Crippen MR) is 133 cm³/mol. The Labute approximate surface area is 199 Å². The lowest BCUT2D eigenvalue weighted by Crippen LogP contribution is -2.34. The van der Waals surface area contributed by atoms with Gasteiger partial charge in [-0.2, -0.15) is 0 Å². The first-order chi connectivity index (χ1) is 16.5. The Hall–Kier alpha value is -3.71. The predicted octanol–water partition coefficient (Wildman–Crippen LogP) is 4.31. The van der Waals surface area contributed by atoms with Crippen molar-refractivity contribution in [2.24, 2.45) is 0 Å². The molecule has 0 radical (unpaired) electrons. The maximum Gasteiger partial charge on any atom is 0.221 e. The van der Waals surface area contributed by atoms with E-state index in [1.165, 1.54) is 12.6 Å². The van der Waals surface area contributed by atoms with E-state index in [2.05, 4.69) is 33.8 Å². The molecule has 4 aromatic rings. The van der Waals surface area contributed by atoms with E-state index in [1.807, 2.05) is 42.5 Å². The first-order valence-electron chi connectivity index (χ1n) is 11.6. The topological polar surface area (TPSA) is 72.3 Å². The number of nitrogens with one attached hydrogen (secondary N) is 1. The Kier molecular flexibility index (Phi) is 6.02. The van der Waals surface area contributed by atoms with Crippen LogP contribution in [0.3, 0.4) is 0 Å². The van der Waals surface area contributed by atoms with Gasteiger partial charge in [0, 0.05) is 50.5 Å². The van der Waals surface area contributed by atoms with Gasteiger partial charge in [-0.3, -0.25) is 14.7 Å². The molecule has 1 amide bonds. The number of para-hydroxylation sites is 1. The smallest absolute Gasteiger partial charge is 0.221 e. The Morgan fingerprint density at radius 3 is 2.74 bits per heavy atom. The van der Waals surface area contributed by atoms with Crippen molar-refractivity contribution in [3.8, 4) is 5.75 Å². The zero-order valence-corrected chi connectivity index (χ0v) is 19.8. The van der Waals surface area contributed by atoms with Crippen LogP contribution in [0.1, 0.15) is 35.4 Å². The Bertz CT molecular complexity index is 1360. The highest BCUT2D eigenvalue weighted by Crippen LogP contribution is 2.26. The largest absolute Gasteiger partial charge is 0.496 e. The van der Waals surface area contributed by atoms with Crippen LogP contribution in [0.25, 0.3) is 10.9 Å². The van der Waals surface area contributed by atoms with Gasteiger partial charge < -0.3 is 14.6 Å². The number of benzene rings is 2. The molecule has 0 aliphatic carbocycles. The molecule has 7 nitrogen and oxygen atoms in total. The fourth-order valence-electron chi connectivity index (χ4n) is 4.77. The molecule has 0 saturated heterocycles. The summed E-state index contributed by atoms with van der Waals surface area (Å²) in [5, 5.41) is 3.84. The third kappa shape index (κ3) is 4.39. The number of rotatable bonds is 6. The van der Waals surface area contributed by atoms with Gasteiger partial charge in [0.25, 0.3) is 0 Å². The first kappa shape index (κ1) is 22.1. The molecule has 5 rings (SSSR count). The van der Waals surface area contributed by atoms with Crippen molar-refractivity contribution in [3.05, 3.63) is 83.1 Å². The second-order valence-corrected chi connectivity index (χ2v) is 8.77. The summed E-state index contributed by atoms with van der Waals surface area (Å²) in [5.41, 5.74) is 6.21. The van der Waals surface area contributed by atoms with Crippen LogP contribution in [-0.4, -0.2) is 39.0 Å². The van der Waals surface area contributed by atoms with Gasteiger partial charge in [0.15, 0.2) is 0 Å². The molecule has 0 fully saturated rings. The van der Waals surface area contributed by atoms with Crippen molar-refractivity contribution >= 4 is 22.5 Å². The van der Waals surface area contributed by atoms with E-state index in [-0.39, 0.29) is 5.91 Å².